The van der Waals surface area contributed by atoms with Crippen LogP contribution in [0, 0.1) is 5.82 Å². The van der Waals surface area contributed by atoms with Crippen molar-refractivity contribution >= 4 is 11.6 Å². The zero-order chi connectivity index (χ0) is 20.5. The van der Waals surface area contributed by atoms with Crippen LogP contribution in [0.4, 0.5) is 10.1 Å². The minimum absolute atomic E-state index is 0.176. The molecule has 0 saturated carbocycles. The first kappa shape index (κ1) is 21.8. The number of morpholine rings is 1. The molecule has 6 nitrogen and oxygen atoms in total. The molecule has 3 rings (SSSR count). The number of aliphatic imine (C=N–C) groups is 1. The number of piperidine rings is 1. The molecule has 162 valence electrons. The lowest BCUT2D eigenvalue weighted by atomic mass is 10.0. The van der Waals surface area contributed by atoms with Gasteiger partial charge in [0.25, 0.3) is 0 Å². The van der Waals surface area contributed by atoms with E-state index in [2.05, 4.69) is 27.4 Å². The van der Waals surface area contributed by atoms with Gasteiger partial charge in [0, 0.05) is 45.8 Å². The van der Waals surface area contributed by atoms with Gasteiger partial charge in [0.15, 0.2) is 5.96 Å². The third kappa shape index (κ3) is 6.57. The van der Waals surface area contributed by atoms with Gasteiger partial charge >= 0.3 is 0 Å². The van der Waals surface area contributed by atoms with Crippen LogP contribution in [0.5, 0.6) is 0 Å². The number of ether oxygens (including phenoxy) is 1. The monoisotopic (exact) mass is 405 g/mol. The van der Waals surface area contributed by atoms with Crippen molar-refractivity contribution in [1.29, 1.82) is 0 Å². The Hall–Kier alpha value is -1.86. The lowest BCUT2D eigenvalue weighted by molar-refractivity contribution is 0.122. The second-order valence-electron chi connectivity index (χ2n) is 7.97. The Morgan fingerprint density at radius 1 is 1.21 bits per heavy atom. The summed E-state index contributed by atoms with van der Waals surface area (Å²) in [4.78, 5) is 8.91. The van der Waals surface area contributed by atoms with E-state index in [0.29, 0.717) is 31.5 Å². The van der Waals surface area contributed by atoms with Crippen LogP contribution in [0.1, 0.15) is 38.2 Å². The van der Waals surface area contributed by atoms with Crippen molar-refractivity contribution in [2.75, 3.05) is 57.9 Å². The molecule has 0 aromatic heterocycles. The maximum absolute atomic E-state index is 14.5. The van der Waals surface area contributed by atoms with Gasteiger partial charge in [-0.2, -0.15) is 0 Å². The Morgan fingerprint density at radius 2 is 2.03 bits per heavy atom. The van der Waals surface area contributed by atoms with E-state index in [0.717, 1.165) is 44.1 Å². The number of anilines is 1. The standard InChI is InChI=1S/C22H36FN5O/c1-18-6-3-4-10-27(18)11-5-9-25-22(24-2)26-17-19-7-8-21(20(23)16-19)28-12-14-29-15-13-28/h7-8,16,18H,3-6,9-15,17H2,1-2H3,(H2,24,25,26). The van der Waals surface area contributed by atoms with Gasteiger partial charge in [-0.3, -0.25) is 4.99 Å². The summed E-state index contributed by atoms with van der Waals surface area (Å²) in [7, 11) is 1.77. The van der Waals surface area contributed by atoms with Gasteiger partial charge in [-0.05, 0) is 50.4 Å². The van der Waals surface area contributed by atoms with Crippen LogP contribution in [-0.4, -0.2) is 69.9 Å². The fourth-order valence-electron chi connectivity index (χ4n) is 4.11. The zero-order valence-corrected chi connectivity index (χ0v) is 17.9. The fraction of sp³-hybridized carbons (Fsp3) is 0.682. The van der Waals surface area contributed by atoms with Crippen molar-refractivity contribution in [3.05, 3.63) is 29.6 Å². The summed E-state index contributed by atoms with van der Waals surface area (Å²) >= 11 is 0. The van der Waals surface area contributed by atoms with E-state index < -0.39 is 0 Å². The second-order valence-corrected chi connectivity index (χ2v) is 7.97. The molecule has 7 heteroatoms. The van der Waals surface area contributed by atoms with Gasteiger partial charge in [-0.25, -0.2) is 4.39 Å². The summed E-state index contributed by atoms with van der Waals surface area (Å²) in [6.45, 7) is 8.89. The Bertz CT molecular complexity index is 663. The molecule has 2 aliphatic rings. The molecule has 0 aliphatic carbocycles. The molecule has 2 aliphatic heterocycles. The van der Waals surface area contributed by atoms with Crippen LogP contribution in [0.3, 0.4) is 0 Å². The average Bonchev–Trinajstić information content (AvgIpc) is 2.75. The van der Waals surface area contributed by atoms with E-state index >= 15 is 0 Å². The van der Waals surface area contributed by atoms with Gasteiger partial charge in [-0.15, -0.1) is 0 Å². The zero-order valence-electron chi connectivity index (χ0n) is 17.9. The smallest absolute Gasteiger partial charge is 0.191 e. The first-order valence-corrected chi connectivity index (χ1v) is 11.0. The summed E-state index contributed by atoms with van der Waals surface area (Å²) in [5.41, 5.74) is 1.57. The molecular formula is C22H36FN5O. The predicted molar refractivity (Wildman–Crippen MR) is 117 cm³/mol. The minimum atomic E-state index is -0.176. The van der Waals surface area contributed by atoms with E-state index in [9.17, 15) is 4.39 Å². The largest absolute Gasteiger partial charge is 0.378 e. The molecule has 2 heterocycles. The highest BCUT2D eigenvalue weighted by Crippen LogP contribution is 2.21. The molecule has 29 heavy (non-hydrogen) atoms. The highest BCUT2D eigenvalue weighted by Gasteiger charge is 2.17. The van der Waals surface area contributed by atoms with E-state index in [1.54, 1.807) is 13.1 Å². The number of nitrogens with zero attached hydrogens (tertiary/aromatic N) is 3. The van der Waals surface area contributed by atoms with Gasteiger partial charge in [-0.1, -0.05) is 12.5 Å². The van der Waals surface area contributed by atoms with Crippen LogP contribution in [0.2, 0.25) is 0 Å². The number of halogens is 1. The van der Waals surface area contributed by atoms with Gasteiger partial charge < -0.3 is 25.2 Å². The van der Waals surface area contributed by atoms with Crippen LogP contribution in [0.15, 0.2) is 23.2 Å². The molecule has 2 fully saturated rings. The highest BCUT2D eigenvalue weighted by molar-refractivity contribution is 5.79. The molecule has 1 aromatic rings. The maximum atomic E-state index is 14.5. The van der Waals surface area contributed by atoms with Gasteiger partial charge in [0.1, 0.15) is 5.82 Å². The Balaban J connectivity index is 1.40. The van der Waals surface area contributed by atoms with Crippen molar-refractivity contribution in [3.63, 3.8) is 0 Å². The quantitative estimate of drug-likeness (QED) is 0.415. The number of hydrogen-bond donors (Lipinski definition) is 2. The topological polar surface area (TPSA) is 52.1 Å². The summed E-state index contributed by atoms with van der Waals surface area (Å²) in [6.07, 6.45) is 5.09. The Labute approximate surface area is 174 Å². The molecule has 0 bridgehead atoms. The summed E-state index contributed by atoms with van der Waals surface area (Å²) in [5.74, 6) is 0.583. The van der Waals surface area contributed by atoms with E-state index in [1.165, 1.54) is 25.8 Å². The van der Waals surface area contributed by atoms with Gasteiger partial charge in [0.2, 0.25) is 0 Å². The number of likely N-dealkylation sites (tertiary alicyclic amines) is 1. The molecule has 0 amide bonds. The summed E-state index contributed by atoms with van der Waals surface area (Å²) in [5, 5.41) is 6.65. The summed E-state index contributed by atoms with van der Waals surface area (Å²) in [6, 6.07) is 6.17. The van der Waals surface area contributed by atoms with Crippen LogP contribution in [0.25, 0.3) is 0 Å². The molecule has 0 radical (unpaired) electrons. The van der Waals surface area contributed by atoms with Crippen LogP contribution in [-0.2, 0) is 11.3 Å². The fourth-order valence-corrected chi connectivity index (χ4v) is 4.11. The van der Waals surface area contributed by atoms with Crippen molar-refractivity contribution in [3.8, 4) is 0 Å². The average molecular weight is 406 g/mol. The molecule has 1 unspecified atom stereocenters. The normalized spacial score (nSPS) is 21.3. The molecule has 2 N–H and O–H groups in total. The van der Waals surface area contributed by atoms with E-state index in [1.807, 2.05) is 17.0 Å². The molecule has 1 atom stereocenters. The van der Waals surface area contributed by atoms with Crippen LogP contribution >= 0.6 is 0 Å². The molecule has 0 spiro atoms. The van der Waals surface area contributed by atoms with Gasteiger partial charge in [0.05, 0.1) is 18.9 Å². The third-order valence-corrected chi connectivity index (χ3v) is 5.90. The molecule has 2 saturated heterocycles. The highest BCUT2D eigenvalue weighted by atomic mass is 19.1. The number of nitrogens with one attached hydrogen (secondary N) is 2. The Morgan fingerprint density at radius 3 is 2.76 bits per heavy atom. The lowest BCUT2D eigenvalue weighted by Gasteiger charge is -2.33. The molecular weight excluding hydrogens is 369 g/mol. The van der Waals surface area contributed by atoms with Crippen molar-refractivity contribution in [2.45, 2.75) is 45.2 Å². The Kier molecular flexibility index (Phi) is 8.55. The van der Waals surface area contributed by atoms with Crippen molar-refractivity contribution in [1.82, 2.24) is 15.5 Å². The number of rotatable bonds is 7. The first-order chi connectivity index (χ1) is 14.2. The number of guanidine groups is 1. The minimum Gasteiger partial charge on any atom is -0.378 e. The number of hydrogen-bond acceptors (Lipinski definition) is 4. The second kappa shape index (κ2) is 11.4. The maximum Gasteiger partial charge on any atom is 0.191 e. The first-order valence-electron chi connectivity index (χ1n) is 11.0. The van der Waals surface area contributed by atoms with Crippen molar-refractivity contribution < 1.29 is 9.13 Å². The van der Waals surface area contributed by atoms with E-state index in [4.69, 9.17) is 4.74 Å². The van der Waals surface area contributed by atoms with Crippen molar-refractivity contribution in [2.24, 2.45) is 4.99 Å². The summed E-state index contributed by atoms with van der Waals surface area (Å²) < 4.78 is 19.9. The van der Waals surface area contributed by atoms with Crippen LogP contribution < -0.4 is 15.5 Å². The predicted octanol–water partition coefficient (Wildman–Crippen LogP) is 2.59. The third-order valence-electron chi connectivity index (χ3n) is 5.90. The SMILES string of the molecule is CN=C(NCCCN1CCCCC1C)NCc1ccc(N2CCOCC2)c(F)c1. The molecule has 1 aromatic carbocycles. The van der Waals surface area contributed by atoms with E-state index in [-0.39, 0.29) is 5.82 Å². The number of benzene rings is 1. The lowest BCUT2D eigenvalue weighted by Crippen LogP contribution is -2.41.